The largest absolute Gasteiger partial charge is 0.338 e. The molecule has 1 aliphatic rings. The topological polar surface area (TPSA) is 44.4 Å². The van der Waals surface area contributed by atoms with Crippen LogP contribution in [0, 0.1) is 5.92 Å². The summed E-state index contributed by atoms with van der Waals surface area (Å²) in [6.07, 6.45) is 6.57. The van der Waals surface area contributed by atoms with Crippen molar-refractivity contribution in [3.8, 4) is 0 Å². The van der Waals surface area contributed by atoms with Gasteiger partial charge in [0, 0.05) is 19.6 Å². The van der Waals surface area contributed by atoms with Crippen molar-refractivity contribution in [3.05, 3.63) is 0 Å². The van der Waals surface area contributed by atoms with Crippen LogP contribution in [0.3, 0.4) is 0 Å². The van der Waals surface area contributed by atoms with Gasteiger partial charge in [-0.2, -0.15) is 0 Å². The highest BCUT2D eigenvalue weighted by atomic mass is 16.2. The molecule has 0 heterocycles. The Hall–Kier alpha value is -0.770. The van der Waals surface area contributed by atoms with E-state index >= 15 is 0 Å². The molecule has 0 unspecified atom stereocenters. The van der Waals surface area contributed by atoms with Crippen LogP contribution in [0.15, 0.2) is 0 Å². The van der Waals surface area contributed by atoms with Crippen molar-refractivity contribution in [2.75, 3.05) is 33.7 Å². The van der Waals surface area contributed by atoms with E-state index in [1.54, 1.807) is 0 Å². The first kappa shape index (κ1) is 13.3. The Labute approximate surface area is 98.8 Å². The first-order valence-corrected chi connectivity index (χ1v) is 6.35. The molecule has 0 aromatic carbocycles. The van der Waals surface area contributed by atoms with Gasteiger partial charge >= 0.3 is 6.03 Å². The lowest BCUT2D eigenvalue weighted by Gasteiger charge is -2.21. The third-order valence-electron chi connectivity index (χ3n) is 3.12. The average Bonchev–Trinajstić information content (AvgIpc) is 2.27. The van der Waals surface area contributed by atoms with Crippen LogP contribution < -0.4 is 10.6 Å². The number of urea groups is 1. The molecule has 1 saturated carbocycles. The van der Waals surface area contributed by atoms with E-state index in [1.807, 2.05) is 14.1 Å². The summed E-state index contributed by atoms with van der Waals surface area (Å²) in [7, 11) is 4.00. The van der Waals surface area contributed by atoms with Crippen molar-refractivity contribution >= 4 is 6.03 Å². The van der Waals surface area contributed by atoms with Crippen LogP contribution in [-0.4, -0.2) is 44.7 Å². The van der Waals surface area contributed by atoms with Gasteiger partial charge in [0.25, 0.3) is 0 Å². The van der Waals surface area contributed by atoms with Gasteiger partial charge in [-0.3, -0.25) is 0 Å². The molecule has 2 amide bonds. The van der Waals surface area contributed by atoms with E-state index < -0.39 is 0 Å². The van der Waals surface area contributed by atoms with E-state index in [4.69, 9.17) is 0 Å². The van der Waals surface area contributed by atoms with Crippen molar-refractivity contribution in [2.45, 2.75) is 32.1 Å². The molecule has 0 bridgehead atoms. The molecule has 0 spiro atoms. The van der Waals surface area contributed by atoms with Crippen LogP contribution in [0.5, 0.6) is 0 Å². The monoisotopic (exact) mass is 227 g/mol. The Morgan fingerprint density at radius 3 is 2.50 bits per heavy atom. The number of rotatable bonds is 5. The van der Waals surface area contributed by atoms with Crippen molar-refractivity contribution in [2.24, 2.45) is 5.92 Å². The number of amides is 2. The van der Waals surface area contributed by atoms with Gasteiger partial charge in [0.2, 0.25) is 0 Å². The van der Waals surface area contributed by atoms with Crippen LogP contribution >= 0.6 is 0 Å². The molecule has 4 heteroatoms. The minimum atomic E-state index is -0.0209. The summed E-state index contributed by atoms with van der Waals surface area (Å²) in [6.45, 7) is 2.44. The maximum absolute atomic E-state index is 11.4. The zero-order valence-electron chi connectivity index (χ0n) is 10.6. The Bertz CT molecular complexity index is 200. The molecule has 0 atom stereocenters. The third kappa shape index (κ3) is 5.95. The second kappa shape index (κ2) is 7.49. The maximum Gasteiger partial charge on any atom is 0.314 e. The predicted octanol–water partition coefficient (Wildman–Crippen LogP) is 1.43. The SMILES string of the molecule is CN(C)CCNC(=O)NCC1CCCCC1. The summed E-state index contributed by atoms with van der Waals surface area (Å²) in [6, 6.07) is -0.0209. The number of hydrogen-bond donors (Lipinski definition) is 2. The fourth-order valence-corrected chi connectivity index (χ4v) is 2.08. The maximum atomic E-state index is 11.4. The standard InChI is InChI=1S/C12H25N3O/c1-15(2)9-8-13-12(16)14-10-11-6-4-3-5-7-11/h11H,3-10H2,1-2H3,(H2,13,14,16). The van der Waals surface area contributed by atoms with E-state index in [2.05, 4.69) is 15.5 Å². The van der Waals surface area contributed by atoms with Crippen LogP contribution in [0.1, 0.15) is 32.1 Å². The molecule has 2 N–H and O–H groups in total. The molecule has 0 saturated heterocycles. The van der Waals surface area contributed by atoms with E-state index in [0.717, 1.165) is 13.1 Å². The molecule has 1 aliphatic carbocycles. The van der Waals surface area contributed by atoms with Crippen LogP contribution in [-0.2, 0) is 0 Å². The minimum Gasteiger partial charge on any atom is -0.338 e. The summed E-state index contributed by atoms with van der Waals surface area (Å²) >= 11 is 0. The number of likely N-dealkylation sites (N-methyl/N-ethyl adjacent to an activating group) is 1. The molecule has 0 radical (unpaired) electrons. The number of hydrogen-bond acceptors (Lipinski definition) is 2. The van der Waals surface area contributed by atoms with E-state index in [-0.39, 0.29) is 6.03 Å². The van der Waals surface area contributed by atoms with Crippen molar-refractivity contribution < 1.29 is 4.79 Å². The molecule has 0 aromatic heterocycles. The molecular weight excluding hydrogens is 202 g/mol. The average molecular weight is 227 g/mol. The summed E-state index contributed by atoms with van der Waals surface area (Å²) in [5.74, 6) is 0.702. The summed E-state index contributed by atoms with van der Waals surface area (Å²) in [5, 5.41) is 5.82. The predicted molar refractivity (Wildman–Crippen MR) is 66.5 cm³/mol. The van der Waals surface area contributed by atoms with Gasteiger partial charge in [-0.1, -0.05) is 19.3 Å². The fourth-order valence-electron chi connectivity index (χ4n) is 2.08. The first-order chi connectivity index (χ1) is 7.68. The van der Waals surface area contributed by atoms with Crippen LogP contribution in [0.2, 0.25) is 0 Å². The lowest BCUT2D eigenvalue weighted by atomic mass is 9.89. The quantitative estimate of drug-likeness (QED) is 0.746. The summed E-state index contributed by atoms with van der Waals surface area (Å²) < 4.78 is 0. The highest BCUT2D eigenvalue weighted by Crippen LogP contribution is 2.22. The number of carbonyl (C=O) groups excluding carboxylic acids is 1. The van der Waals surface area contributed by atoms with E-state index in [9.17, 15) is 4.79 Å². The van der Waals surface area contributed by atoms with Gasteiger partial charge in [0.05, 0.1) is 0 Å². The second-order valence-corrected chi connectivity index (χ2v) is 4.94. The molecule has 1 rings (SSSR count). The lowest BCUT2D eigenvalue weighted by molar-refractivity contribution is 0.235. The van der Waals surface area contributed by atoms with Gasteiger partial charge in [-0.25, -0.2) is 4.79 Å². The molecule has 0 aromatic rings. The molecular formula is C12H25N3O. The zero-order valence-corrected chi connectivity index (χ0v) is 10.6. The number of nitrogens with zero attached hydrogens (tertiary/aromatic N) is 1. The normalized spacial score (nSPS) is 17.4. The van der Waals surface area contributed by atoms with Crippen molar-refractivity contribution in [3.63, 3.8) is 0 Å². The van der Waals surface area contributed by atoms with Gasteiger partial charge in [-0.15, -0.1) is 0 Å². The smallest absolute Gasteiger partial charge is 0.314 e. The highest BCUT2D eigenvalue weighted by Gasteiger charge is 2.13. The first-order valence-electron chi connectivity index (χ1n) is 6.35. The third-order valence-corrected chi connectivity index (χ3v) is 3.12. The molecule has 0 aliphatic heterocycles. The van der Waals surface area contributed by atoms with E-state index in [1.165, 1.54) is 32.1 Å². The summed E-state index contributed by atoms with van der Waals surface area (Å²) in [5.41, 5.74) is 0. The second-order valence-electron chi connectivity index (χ2n) is 4.94. The van der Waals surface area contributed by atoms with Gasteiger partial charge in [0.15, 0.2) is 0 Å². The van der Waals surface area contributed by atoms with Crippen LogP contribution in [0.4, 0.5) is 4.79 Å². The molecule has 16 heavy (non-hydrogen) atoms. The molecule has 1 fully saturated rings. The van der Waals surface area contributed by atoms with Crippen molar-refractivity contribution in [1.29, 1.82) is 0 Å². The van der Waals surface area contributed by atoms with Gasteiger partial charge < -0.3 is 15.5 Å². The van der Waals surface area contributed by atoms with Gasteiger partial charge in [-0.05, 0) is 32.9 Å². The van der Waals surface area contributed by atoms with Crippen LogP contribution in [0.25, 0.3) is 0 Å². The van der Waals surface area contributed by atoms with Gasteiger partial charge in [0.1, 0.15) is 0 Å². The van der Waals surface area contributed by atoms with E-state index in [0.29, 0.717) is 12.5 Å². The zero-order chi connectivity index (χ0) is 11.8. The molecule has 94 valence electrons. The van der Waals surface area contributed by atoms with Crippen molar-refractivity contribution in [1.82, 2.24) is 15.5 Å². The number of nitrogens with one attached hydrogen (secondary N) is 2. The summed E-state index contributed by atoms with van der Waals surface area (Å²) in [4.78, 5) is 13.5. The Balaban J connectivity index is 2.00. The Morgan fingerprint density at radius 1 is 1.19 bits per heavy atom. The highest BCUT2D eigenvalue weighted by molar-refractivity contribution is 5.73. The number of carbonyl (C=O) groups is 1. The minimum absolute atomic E-state index is 0.0209. The molecule has 4 nitrogen and oxygen atoms in total. The fraction of sp³-hybridized carbons (Fsp3) is 0.917. The Kier molecular flexibility index (Phi) is 6.23. The Morgan fingerprint density at radius 2 is 1.88 bits per heavy atom. The lowest BCUT2D eigenvalue weighted by Crippen LogP contribution is -2.41.